The number of benzene rings is 1. The Kier molecular flexibility index (Phi) is 13.2. The lowest BCUT2D eigenvalue weighted by atomic mass is 10.1. The number of guanidine groups is 1. The van der Waals surface area contributed by atoms with Gasteiger partial charge in [0.25, 0.3) is 0 Å². The van der Waals surface area contributed by atoms with E-state index >= 15 is 0 Å². The Morgan fingerprint density at radius 2 is 2.10 bits per heavy atom. The van der Waals surface area contributed by atoms with Crippen molar-refractivity contribution in [1.29, 1.82) is 0 Å². The van der Waals surface area contributed by atoms with Crippen LogP contribution in [0.3, 0.4) is 0 Å². The predicted molar refractivity (Wildman–Crippen MR) is 140 cm³/mol. The van der Waals surface area contributed by atoms with Crippen molar-refractivity contribution in [2.24, 2.45) is 10.9 Å². The van der Waals surface area contributed by atoms with Crippen LogP contribution in [0.4, 0.5) is 5.69 Å². The third-order valence-electron chi connectivity index (χ3n) is 5.88. The average Bonchev–Trinajstić information content (AvgIpc) is 3.23. The molecule has 6 nitrogen and oxygen atoms in total. The number of rotatable bonds is 11. The van der Waals surface area contributed by atoms with Crippen LogP contribution in [-0.4, -0.2) is 70.3 Å². The van der Waals surface area contributed by atoms with Crippen molar-refractivity contribution in [3.63, 3.8) is 0 Å². The van der Waals surface area contributed by atoms with Crippen LogP contribution in [0.15, 0.2) is 29.3 Å². The number of anilines is 1. The van der Waals surface area contributed by atoms with Gasteiger partial charge in [0.2, 0.25) is 0 Å². The van der Waals surface area contributed by atoms with Gasteiger partial charge in [-0.2, -0.15) is 0 Å². The Bertz CT molecular complexity index is 623. The van der Waals surface area contributed by atoms with Crippen molar-refractivity contribution < 1.29 is 4.74 Å². The van der Waals surface area contributed by atoms with Gasteiger partial charge < -0.3 is 25.2 Å². The van der Waals surface area contributed by atoms with Gasteiger partial charge in [-0.15, -0.1) is 24.0 Å². The number of aliphatic imine (C=N–C) groups is 1. The summed E-state index contributed by atoms with van der Waals surface area (Å²) in [7, 11) is 3.58. The summed E-state index contributed by atoms with van der Waals surface area (Å²) in [5.74, 6) is 2.46. The summed E-state index contributed by atoms with van der Waals surface area (Å²) in [6.45, 7) is 13.3. The summed E-state index contributed by atoms with van der Waals surface area (Å²) in [5.41, 5.74) is 1.25. The lowest BCUT2D eigenvalue weighted by Gasteiger charge is -2.22. The van der Waals surface area contributed by atoms with E-state index < -0.39 is 0 Å². The maximum atomic E-state index is 5.36. The van der Waals surface area contributed by atoms with E-state index in [4.69, 9.17) is 4.74 Å². The van der Waals surface area contributed by atoms with Gasteiger partial charge in [-0.3, -0.25) is 4.99 Å². The van der Waals surface area contributed by atoms with Crippen molar-refractivity contribution in [3.8, 4) is 5.75 Å². The minimum absolute atomic E-state index is 0. The van der Waals surface area contributed by atoms with Crippen LogP contribution < -0.4 is 20.3 Å². The maximum absolute atomic E-state index is 5.36. The fraction of sp³-hybridized carbons (Fsp3) is 0.696. The molecule has 0 aromatic heterocycles. The second-order valence-corrected chi connectivity index (χ2v) is 7.97. The molecule has 0 aliphatic carbocycles. The number of hydrogen-bond acceptors (Lipinski definition) is 4. The van der Waals surface area contributed by atoms with Gasteiger partial charge in [-0.1, -0.05) is 19.9 Å². The molecule has 2 atom stereocenters. The molecule has 0 spiro atoms. The molecule has 0 bridgehead atoms. The molecule has 0 saturated carbocycles. The zero-order chi connectivity index (χ0) is 21.1. The highest BCUT2D eigenvalue weighted by atomic mass is 127. The molecule has 30 heavy (non-hydrogen) atoms. The van der Waals surface area contributed by atoms with E-state index in [1.165, 1.54) is 25.1 Å². The van der Waals surface area contributed by atoms with Crippen molar-refractivity contribution in [2.75, 3.05) is 58.3 Å². The monoisotopic (exact) mass is 531 g/mol. The number of halogens is 1. The summed E-state index contributed by atoms with van der Waals surface area (Å²) < 4.78 is 5.36. The SMILES string of the molecule is CCN(CC)CCCC(C)NC(=NC)NCC1CCN(c2cccc(OC)c2)C1.I. The molecular weight excluding hydrogens is 489 g/mol. The standard InChI is InChI=1S/C23H41N5O.HI/c1-6-27(7-2)14-9-10-19(3)26-23(24-4)25-17-20-13-15-28(18-20)21-11-8-12-22(16-21)29-5;/h8,11-12,16,19-20H,6-7,9-10,13-15,17-18H2,1-5H3,(H2,24,25,26);1H. The Hall–Kier alpha value is -1.22. The normalized spacial score (nSPS) is 17.6. The van der Waals surface area contributed by atoms with Gasteiger partial charge in [0.05, 0.1) is 7.11 Å². The third kappa shape index (κ3) is 8.88. The predicted octanol–water partition coefficient (Wildman–Crippen LogP) is 3.82. The number of ether oxygens (including phenoxy) is 1. The van der Waals surface area contributed by atoms with Crippen LogP contribution in [0.25, 0.3) is 0 Å². The van der Waals surface area contributed by atoms with Gasteiger partial charge in [-0.25, -0.2) is 0 Å². The van der Waals surface area contributed by atoms with Crippen LogP contribution >= 0.6 is 24.0 Å². The van der Waals surface area contributed by atoms with E-state index in [2.05, 4.69) is 64.4 Å². The molecule has 7 heteroatoms. The van der Waals surface area contributed by atoms with Gasteiger partial charge in [0.15, 0.2) is 5.96 Å². The molecule has 1 aromatic rings. The van der Waals surface area contributed by atoms with Crippen molar-refractivity contribution in [3.05, 3.63) is 24.3 Å². The minimum atomic E-state index is 0. The Morgan fingerprint density at radius 3 is 2.77 bits per heavy atom. The molecular formula is C23H42IN5O. The smallest absolute Gasteiger partial charge is 0.191 e. The molecule has 172 valence electrons. The number of nitrogens with one attached hydrogen (secondary N) is 2. The summed E-state index contributed by atoms with van der Waals surface area (Å²) >= 11 is 0. The zero-order valence-corrected chi connectivity index (χ0v) is 21.8. The van der Waals surface area contributed by atoms with Crippen LogP contribution in [0, 0.1) is 5.92 Å². The fourth-order valence-corrected chi connectivity index (χ4v) is 3.94. The molecule has 0 radical (unpaired) electrons. The summed E-state index contributed by atoms with van der Waals surface area (Å²) in [6.07, 6.45) is 3.57. The molecule has 2 N–H and O–H groups in total. The molecule has 1 aliphatic heterocycles. The summed E-state index contributed by atoms with van der Waals surface area (Å²) in [5, 5.41) is 7.08. The highest BCUT2D eigenvalue weighted by Crippen LogP contribution is 2.26. The molecule has 1 heterocycles. The quantitative estimate of drug-likeness (QED) is 0.259. The van der Waals surface area contributed by atoms with E-state index in [9.17, 15) is 0 Å². The highest BCUT2D eigenvalue weighted by molar-refractivity contribution is 14.0. The number of hydrogen-bond donors (Lipinski definition) is 2. The highest BCUT2D eigenvalue weighted by Gasteiger charge is 2.23. The third-order valence-corrected chi connectivity index (χ3v) is 5.88. The fourth-order valence-electron chi connectivity index (χ4n) is 3.94. The molecule has 2 unspecified atom stereocenters. The second kappa shape index (κ2) is 14.7. The second-order valence-electron chi connectivity index (χ2n) is 7.97. The lowest BCUT2D eigenvalue weighted by molar-refractivity contribution is 0.292. The van der Waals surface area contributed by atoms with E-state index in [-0.39, 0.29) is 24.0 Å². The van der Waals surface area contributed by atoms with Gasteiger partial charge in [-0.05, 0) is 63.9 Å². The molecule has 1 aliphatic rings. The van der Waals surface area contributed by atoms with Crippen LogP contribution in [-0.2, 0) is 0 Å². The Labute approximate surface area is 200 Å². The lowest BCUT2D eigenvalue weighted by Crippen LogP contribution is -2.44. The van der Waals surface area contributed by atoms with E-state index in [1.54, 1.807) is 7.11 Å². The van der Waals surface area contributed by atoms with Crippen molar-refractivity contribution >= 4 is 35.6 Å². The van der Waals surface area contributed by atoms with Crippen molar-refractivity contribution in [1.82, 2.24) is 15.5 Å². The summed E-state index contributed by atoms with van der Waals surface area (Å²) in [6, 6.07) is 8.77. The largest absolute Gasteiger partial charge is 0.497 e. The van der Waals surface area contributed by atoms with Crippen molar-refractivity contribution in [2.45, 2.75) is 46.1 Å². The van der Waals surface area contributed by atoms with E-state index in [0.717, 1.165) is 50.9 Å². The van der Waals surface area contributed by atoms with Gasteiger partial charge in [0, 0.05) is 44.5 Å². The van der Waals surface area contributed by atoms with Crippen LogP contribution in [0.2, 0.25) is 0 Å². The van der Waals surface area contributed by atoms with Gasteiger partial charge in [0.1, 0.15) is 5.75 Å². The molecule has 1 saturated heterocycles. The minimum Gasteiger partial charge on any atom is -0.497 e. The zero-order valence-electron chi connectivity index (χ0n) is 19.5. The Balaban J connectivity index is 0.00000450. The first-order valence-electron chi connectivity index (χ1n) is 11.2. The first-order chi connectivity index (χ1) is 14.1. The van der Waals surface area contributed by atoms with Crippen LogP contribution in [0.1, 0.15) is 40.0 Å². The first-order valence-corrected chi connectivity index (χ1v) is 11.2. The maximum Gasteiger partial charge on any atom is 0.191 e. The van der Waals surface area contributed by atoms with E-state index in [1.807, 2.05) is 13.1 Å². The Morgan fingerprint density at radius 1 is 1.33 bits per heavy atom. The van der Waals surface area contributed by atoms with E-state index in [0.29, 0.717) is 12.0 Å². The molecule has 1 aromatic carbocycles. The molecule has 0 amide bonds. The molecule has 1 fully saturated rings. The first kappa shape index (κ1) is 26.8. The topological polar surface area (TPSA) is 52.1 Å². The average molecular weight is 532 g/mol. The summed E-state index contributed by atoms with van der Waals surface area (Å²) in [4.78, 5) is 9.34. The number of nitrogens with zero attached hydrogens (tertiary/aromatic N) is 3. The number of methoxy groups -OCH3 is 1. The molecule has 2 rings (SSSR count). The van der Waals surface area contributed by atoms with Gasteiger partial charge >= 0.3 is 0 Å². The van der Waals surface area contributed by atoms with Crippen LogP contribution in [0.5, 0.6) is 5.75 Å².